The molecule has 0 radical (unpaired) electrons. The molecule has 0 N–H and O–H groups in total. The summed E-state index contributed by atoms with van der Waals surface area (Å²) in [6, 6.07) is 10.5. The van der Waals surface area contributed by atoms with E-state index in [4.69, 9.17) is 0 Å². The monoisotopic (exact) mass is 466 g/mol. The fourth-order valence-corrected chi connectivity index (χ4v) is 4.97. The first-order chi connectivity index (χ1) is 15.0. The molecule has 172 valence electrons. The molecule has 5 nitrogen and oxygen atoms in total. The summed E-state index contributed by atoms with van der Waals surface area (Å²) < 4.78 is 63.7. The molecule has 2 aliphatic rings. The Morgan fingerprint density at radius 1 is 0.969 bits per heavy atom. The molecule has 4 rings (SSSR count). The molecule has 0 saturated heterocycles. The highest BCUT2D eigenvalue weighted by atomic mass is 32.2. The molecule has 0 bridgehead atoms. The molecule has 0 unspecified atom stereocenters. The van der Waals surface area contributed by atoms with Crippen molar-refractivity contribution in [3.8, 4) is 0 Å². The van der Waals surface area contributed by atoms with Crippen LogP contribution in [0.15, 0.2) is 47.4 Å². The first-order valence-corrected chi connectivity index (χ1v) is 12.5. The van der Waals surface area contributed by atoms with E-state index in [9.17, 15) is 26.4 Å². The first-order valence-electron chi connectivity index (χ1n) is 10.6. The maximum absolute atomic E-state index is 13.4. The molecule has 2 aromatic carbocycles. The van der Waals surface area contributed by atoms with Crippen LogP contribution >= 0.6 is 0 Å². The molecule has 0 aromatic heterocycles. The van der Waals surface area contributed by atoms with Crippen molar-refractivity contribution in [2.24, 2.45) is 0 Å². The van der Waals surface area contributed by atoms with E-state index in [1.807, 2.05) is 0 Å². The lowest BCUT2D eigenvalue weighted by molar-refractivity contribution is -0.169. The Morgan fingerprint density at radius 3 is 2.09 bits per heavy atom. The second kappa shape index (κ2) is 8.51. The maximum atomic E-state index is 13.4. The Balaban J connectivity index is 1.68. The zero-order valence-corrected chi connectivity index (χ0v) is 18.5. The highest BCUT2D eigenvalue weighted by Crippen LogP contribution is 2.34. The van der Waals surface area contributed by atoms with Crippen LogP contribution < -0.4 is 4.90 Å². The predicted octanol–water partition coefficient (Wildman–Crippen LogP) is 4.27. The van der Waals surface area contributed by atoms with Gasteiger partial charge in [-0.1, -0.05) is 12.5 Å². The molecule has 0 spiro atoms. The lowest BCUT2D eigenvalue weighted by Gasteiger charge is -2.36. The Kier molecular flexibility index (Phi) is 6.06. The first kappa shape index (κ1) is 22.8. The average Bonchev–Trinajstić information content (AvgIpc) is 2.88. The van der Waals surface area contributed by atoms with Gasteiger partial charge in [0, 0.05) is 36.8 Å². The van der Waals surface area contributed by atoms with Crippen LogP contribution in [-0.4, -0.2) is 50.8 Å². The molecule has 1 heterocycles. The Labute approximate surface area is 185 Å². The van der Waals surface area contributed by atoms with E-state index >= 15 is 0 Å². The summed E-state index contributed by atoms with van der Waals surface area (Å²) in [5, 5.41) is 0. The van der Waals surface area contributed by atoms with E-state index in [1.54, 1.807) is 12.1 Å². The van der Waals surface area contributed by atoms with Crippen LogP contribution in [0.25, 0.3) is 0 Å². The van der Waals surface area contributed by atoms with Crippen LogP contribution in [0.5, 0.6) is 0 Å². The highest BCUT2D eigenvalue weighted by Gasteiger charge is 2.44. The van der Waals surface area contributed by atoms with Crippen LogP contribution in [0.1, 0.15) is 30.4 Å². The molecular formula is C23H25F3N2O3S. The minimum Gasteiger partial charge on any atom is -0.300 e. The van der Waals surface area contributed by atoms with Crippen molar-refractivity contribution in [1.29, 1.82) is 0 Å². The third kappa shape index (κ3) is 4.68. The van der Waals surface area contributed by atoms with Crippen LogP contribution in [0.3, 0.4) is 0 Å². The van der Waals surface area contributed by atoms with E-state index in [-0.39, 0.29) is 16.3 Å². The van der Waals surface area contributed by atoms with Crippen molar-refractivity contribution < 1.29 is 26.4 Å². The number of anilines is 2. The van der Waals surface area contributed by atoms with Crippen LogP contribution in [0.2, 0.25) is 0 Å². The van der Waals surface area contributed by atoms with Gasteiger partial charge in [-0.2, -0.15) is 13.2 Å². The van der Waals surface area contributed by atoms with E-state index in [2.05, 4.69) is 4.90 Å². The van der Waals surface area contributed by atoms with Crippen LogP contribution in [0, 0.1) is 0 Å². The van der Waals surface area contributed by atoms with Gasteiger partial charge in [0.1, 0.15) is 0 Å². The van der Waals surface area contributed by atoms with Gasteiger partial charge in [-0.3, -0.25) is 14.6 Å². The number of rotatable bonds is 4. The quantitative estimate of drug-likeness (QED) is 0.675. The second-order valence-electron chi connectivity index (χ2n) is 8.48. The normalized spacial score (nSPS) is 17.9. The Bertz CT molecular complexity index is 1110. The number of carbonyl (C=O) groups excluding carboxylic acids is 1. The van der Waals surface area contributed by atoms with Gasteiger partial charge in [0.05, 0.1) is 4.90 Å². The van der Waals surface area contributed by atoms with Crippen LogP contribution in [-0.2, 0) is 27.5 Å². The van der Waals surface area contributed by atoms with Gasteiger partial charge in [0.2, 0.25) is 0 Å². The second-order valence-corrected chi connectivity index (χ2v) is 10.5. The number of nitrogens with zero attached hydrogens (tertiary/aromatic N) is 2. The molecule has 9 heteroatoms. The van der Waals surface area contributed by atoms with E-state index in [0.29, 0.717) is 17.4 Å². The van der Waals surface area contributed by atoms with E-state index in [1.165, 1.54) is 49.6 Å². The lowest BCUT2D eigenvalue weighted by Crippen LogP contribution is -2.41. The summed E-state index contributed by atoms with van der Waals surface area (Å²) in [6.45, 7) is 1.77. The molecular weight excluding hydrogens is 441 g/mol. The van der Waals surface area contributed by atoms with Gasteiger partial charge in [-0.15, -0.1) is 0 Å². The number of alkyl halides is 3. The number of fused-ring (bicyclic) bond motifs is 1. The molecule has 1 fully saturated rings. The topological polar surface area (TPSA) is 57.7 Å². The lowest BCUT2D eigenvalue weighted by atomic mass is 9.91. The third-order valence-electron chi connectivity index (χ3n) is 6.34. The summed E-state index contributed by atoms with van der Waals surface area (Å²) in [5.74, 6) is -2.02. The Morgan fingerprint density at radius 2 is 1.56 bits per heavy atom. The molecule has 1 aliphatic carbocycles. The fourth-order valence-electron chi connectivity index (χ4n) is 4.34. The number of hydrogen-bond acceptors (Lipinski definition) is 4. The van der Waals surface area contributed by atoms with Gasteiger partial charge < -0.3 is 0 Å². The smallest absolute Gasteiger partial charge is 0.300 e. The van der Waals surface area contributed by atoms with Gasteiger partial charge in [-0.05, 0) is 73.2 Å². The van der Waals surface area contributed by atoms with Crippen molar-refractivity contribution in [3.05, 3.63) is 53.6 Å². The summed E-state index contributed by atoms with van der Waals surface area (Å²) in [5.41, 5.74) is 2.11. The SMILES string of the molecule is CS(=O)(=O)c1ccc(N(C(=O)C(F)(F)F)c2ccc3c(c2)CCN(C2CCC2)CC3)cc1. The summed E-state index contributed by atoms with van der Waals surface area (Å²) in [7, 11) is -3.51. The number of benzene rings is 2. The van der Waals surface area contributed by atoms with Crippen molar-refractivity contribution in [2.45, 2.75) is 49.2 Å². The molecule has 0 atom stereocenters. The zero-order valence-electron chi connectivity index (χ0n) is 17.7. The van der Waals surface area contributed by atoms with Gasteiger partial charge in [0.15, 0.2) is 9.84 Å². The molecule has 1 aliphatic heterocycles. The van der Waals surface area contributed by atoms with Crippen molar-refractivity contribution >= 4 is 27.1 Å². The van der Waals surface area contributed by atoms with Gasteiger partial charge >= 0.3 is 12.1 Å². The molecule has 32 heavy (non-hydrogen) atoms. The maximum Gasteiger partial charge on any atom is 0.472 e. The number of halogens is 3. The average molecular weight is 467 g/mol. The number of amides is 1. The largest absolute Gasteiger partial charge is 0.472 e. The summed E-state index contributed by atoms with van der Waals surface area (Å²) in [6.07, 6.45) is 1.09. The number of hydrogen-bond donors (Lipinski definition) is 0. The molecule has 1 saturated carbocycles. The van der Waals surface area contributed by atoms with Gasteiger partial charge in [0.25, 0.3) is 0 Å². The molecule has 2 aromatic rings. The highest BCUT2D eigenvalue weighted by molar-refractivity contribution is 7.90. The number of sulfone groups is 1. The van der Waals surface area contributed by atoms with Crippen LogP contribution in [0.4, 0.5) is 24.5 Å². The predicted molar refractivity (Wildman–Crippen MR) is 116 cm³/mol. The van der Waals surface area contributed by atoms with Gasteiger partial charge in [-0.25, -0.2) is 8.42 Å². The summed E-state index contributed by atoms with van der Waals surface area (Å²) in [4.78, 5) is 15.4. The van der Waals surface area contributed by atoms with Crippen molar-refractivity contribution in [2.75, 3.05) is 24.2 Å². The minimum absolute atomic E-state index is 0.0290. The fraction of sp³-hybridized carbons (Fsp3) is 0.435. The Hall–Kier alpha value is -2.39. The van der Waals surface area contributed by atoms with E-state index < -0.39 is 21.9 Å². The minimum atomic E-state index is -5.08. The van der Waals surface area contributed by atoms with Crippen molar-refractivity contribution in [1.82, 2.24) is 4.90 Å². The zero-order chi connectivity index (χ0) is 23.1. The summed E-state index contributed by atoms with van der Waals surface area (Å²) >= 11 is 0. The molecule has 1 amide bonds. The van der Waals surface area contributed by atoms with E-state index in [0.717, 1.165) is 36.9 Å². The third-order valence-corrected chi connectivity index (χ3v) is 7.47. The van der Waals surface area contributed by atoms with Crippen molar-refractivity contribution in [3.63, 3.8) is 0 Å². The standard InChI is InChI=1S/C23H25F3N2O3S/c1-32(30,31)21-9-7-19(8-10-21)28(22(29)23(24,25)26)20-6-5-16-11-13-27(18-3-2-4-18)14-12-17(16)15-20/h5-10,15,18H,2-4,11-14H2,1H3. The number of carbonyl (C=O) groups is 1.